The molecule has 0 radical (unpaired) electrons. The molecule has 3 aromatic carbocycles. The zero-order valence-corrected chi connectivity index (χ0v) is 18.8. The van der Waals surface area contributed by atoms with Crippen molar-refractivity contribution in [2.45, 2.75) is 51.9 Å². The van der Waals surface area contributed by atoms with Gasteiger partial charge in [0.2, 0.25) is 0 Å². The van der Waals surface area contributed by atoms with Crippen molar-refractivity contribution in [2.75, 3.05) is 0 Å². The molecule has 0 amide bonds. The lowest BCUT2D eigenvalue weighted by atomic mass is 9.79. The maximum absolute atomic E-state index is 14.9. The van der Waals surface area contributed by atoms with E-state index in [4.69, 9.17) is 4.74 Å². The van der Waals surface area contributed by atoms with Crippen LogP contribution < -0.4 is 4.74 Å². The van der Waals surface area contributed by atoms with E-state index < -0.39 is 23.4 Å². The number of hydrogen-bond acceptors (Lipinski definition) is 2. The normalized spacial score (nSPS) is 18.2. The molecule has 1 aliphatic rings. The molecule has 5 heteroatoms. The maximum Gasteiger partial charge on any atom is 0.343 e. The molecule has 0 spiro atoms. The first-order chi connectivity index (χ1) is 15.9. The number of rotatable bonds is 5. The van der Waals surface area contributed by atoms with Crippen LogP contribution in [0.1, 0.15) is 66.9 Å². The Labute approximate surface area is 192 Å². The summed E-state index contributed by atoms with van der Waals surface area (Å²) in [7, 11) is 0. The maximum atomic E-state index is 14.9. The second-order valence-corrected chi connectivity index (χ2v) is 8.87. The fourth-order valence-electron chi connectivity index (χ4n) is 4.47. The molecule has 172 valence electrons. The molecule has 0 aliphatic heterocycles. The van der Waals surface area contributed by atoms with Gasteiger partial charge in [0.25, 0.3) is 0 Å². The lowest BCUT2D eigenvalue weighted by molar-refractivity contribution is 0.0728. The smallest absolute Gasteiger partial charge is 0.343 e. The number of esters is 1. The fraction of sp³-hybridized carbons (Fsp3) is 0.321. The van der Waals surface area contributed by atoms with Gasteiger partial charge in [-0.25, -0.2) is 18.0 Å². The molecule has 1 saturated carbocycles. The van der Waals surface area contributed by atoms with Crippen molar-refractivity contribution in [1.29, 1.82) is 0 Å². The first kappa shape index (κ1) is 23.1. The van der Waals surface area contributed by atoms with E-state index in [0.29, 0.717) is 23.5 Å². The molecule has 0 heterocycles. The van der Waals surface area contributed by atoms with Crippen molar-refractivity contribution in [1.82, 2.24) is 0 Å². The van der Waals surface area contributed by atoms with Gasteiger partial charge in [-0.05, 0) is 72.1 Å². The Morgan fingerprint density at radius 3 is 2.24 bits per heavy atom. The molecule has 33 heavy (non-hydrogen) atoms. The van der Waals surface area contributed by atoms with Crippen molar-refractivity contribution >= 4 is 5.97 Å². The summed E-state index contributed by atoms with van der Waals surface area (Å²) in [6.45, 7) is 4.09. The minimum atomic E-state index is -0.875. The minimum absolute atomic E-state index is 0.0497. The predicted molar refractivity (Wildman–Crippen MR) is 123 cm³/mol. The van der Waals surface area contributed by atoms with Gasteiger partial charge in [0.15, 0.2) is 23.2 Å². The van der Waals surface area contributed by atoms with Crippen molar-refractivity contribution in [3.63, 3.8) is 0 Å². The van der Waals surface area contributed by atoms with Gasteiger partial charge in [-0.3, -0.25) is 0 Å². The number of aryl methyl sites for hydroxylation is 1. The van der Waals surface area contributed by atoms with Crippen molar-refractivity contribution < 1.29 is 22.7 Å². The highest BCUT2D eigenvalue weighted by Crippen LogP contribution is 2.38. The third kappa shape index (κ3) is 4.97. The fourth-order valence-corrected chi connectivity index (χ4v) is 4.47. The zero-order chi connectivity index (χ0) is 23.5. The number of benzene rings is 3. The van der Waals surface area contributed by atoms with Crippen molar-refractivity contribution in [3.05, 3.63) is 88.7 Å². The number of hydrogen-bond donors (Lipinski definition) is 0. The Morgan fingerprint density at radius 2 is 1.61 bits per heavy atom. The van der Waals surface area contributed by atoms with Crippen molar-refractivity contribution in [2.24, 2.45) is 5.92 Å². The number of carbonyl (C=O) groups excluding carboxylic acids is 1. The van der Waals surface area contributed by atoms with Gasteiger partial charge in [-0.2, -0.15) is 0 Å². The summed E-state index contributed by atoms with van der Waals surface area (Å²) < 4.78 is 49.1. The van der Waals surface area contributed by atoms with E-state index >= 15 is 0 Å². The monoisotopic (exact) mass is 452 g/mol. The van der Waals surface area contributed by atoms with E-state index in [1.807, 2.05) is 6.92 Å². The minimum Gasteiger partial charge on any atom is -0.420 e. The van der Waals surface area contributed by atoms with Gasteiger partial charge in [-0.15, -0.1) is 0 Å². The first-order valence-corrected chi connectivity index (χ1v) is 11.5. The zero-order valence-electron chi connectivity index (χ0n) is 18.8. The van der Waals surface area contributed by atoms with Gasteiger partial charge in [0, 0.05) is 5.56 Å². The number of carbonyl (C=O) groups is 1. The molecule has 0 bridgehead atoms. The van der Waals surface area contributed by atoms with Crippen LogP contribution in [-0.2, 0) is 6.42 Å². The van der Waals surface area contributed by atoms with Crippen LogP contribution in [0.4, 0.5) is 13.2 Å². The highest BCUT2D eigenvalue weighted by molar-refractivity contribution is 5.91. The summed E-state index contributed by atoms with van der Waals surface area (Å²) in [4.78, 5) is 12.4. The van der Waals surface area contributed by atoms with Gasteiger partial charge < -0.3 is 4.74 Å². The largest absolute Gasteiger partial charge is 0.420 e. The number of ether oxygens (including phenoxy) is 1. The van der Waals surface area contributed by atoms with Gasteiger partial charge >= 0.3 is 5.97 Å². The second kappa shape index (κ2) is 9.82. The molecule has 0 aromatic heterocycles. The highest BCUT2D eigenvalue weighted by atomic mass is 19.2. The first-order valence-electron chi connectivity index (χ1n) is 11.5. The van der Waals surface area contributed by atoms with E-state index in [-0.39, 0.29) is 22.8 Å². The molecule has 3 aromatic rings. The topological polar surface area (TPSA) is 26.3 Å². The average Bonchev–Trinajstić information content (AvgIpc) is 2.83. The molecular formula is C28H27F3O2. The van der Waals surface area contributed by atoms with E-state index in [9.17, 15) is 18.0 Å². The predicted octanol–water partition coefficient (Wildman–Crippen LogP) is 7.85. The van der Waals surface area contributed by atoms with Gasteiger partial charge in [0.1, 0.15) is 0 Å². The summed E-state index contributed by atoms with van der Waals surface area (Å²) >= 11 is 0. The van der Waals surface area contributed by atoms with E-state index in [2.05, 4.69) is 6.92 Å². The van der Waals surface area contributed by atoms with Crippen LogP contribution in [-0.4, -0.2) is 5.97 Å². The van der Waals surface area contributed by atoms with E-state index in [1.165, 1.54) is 36.4 Å². The molecule has 4 rings (SSSR count). The summed E-state index contributed by atoms with van der Waals surface area (Å²) in [5, 5.41) is 0. The molecule has 0 atom stereocenters. The Hall–Kier alpha value is -3.08. The van der Waals surface area contributed by atoms with Crippen LogP contribution in [0, 0.1) is 23.4 Å². The van der Waals surface area contributed by atoms with Crippen LogP contribution in [0.3, 0.4) is 0 Å². The van der Waals surface area contributed by atoms with Gasteiger partial charge in [-0.1, -0.05) is 57.0 Å². The summed E-state index contributed by atoms with van der Waals surface area (Å²) in [6.07, 6.45) is 4.46. The molecule has 0 unspecified atom stereocenters. The standard InChI is InChI=1S/C28H27F3O2/c1-3-18-6-15-25(24(29)16-18)33-28(32)21-11-9-20(10-12-21)23-14-13-22(26(30)27(23)31)19-7-4-17(2)5-8-19/h6,9-17,19H,3-5,7-8H2,1-2H3. The van der Waals surface area contributed by atoms with Crippen LogP contribution in [0.25, 0.3) is 11.1 Å². The number of halogens is 3. The van der Waals surface area contributed by atoms with Crippen LogP contribution in [0.15, 0.2) is 54.6 Å². The van der Waals surface area contributed by atoms with Crippen LogP contribution in [0.2, 0.25) is 0 Å². The Kier molecular flexibility index (Phi) is 6.87. The summed E-state index contributed by atoms with van der Waals surface area (Å²) in [5.41, 5.74) is 2.02. The molecular weight excluding hydrogens is 425 g/mol. The molecule has 0 N–H and O–H groups in total. The van der Waals surface area contributed by atoms with Crippen LogP contribution in [0.5, 0.6) is 5.75 Å². The van der Waals surface area contributed by atoms with Crippen LogP contribution >= 0.6 is 0 Å². The molecule has 1 fully saturated rings. The lowest BCUT2D eigenvalue weighted by Gasteiger charge is -2.27. The SMILES string of the molecule is CCc1ccc(OC(=O)c2ccc(-c3ccc(C4CCC(C)CC4)c(F)c3F)cc2)c(F)c1. The van der Waals surface area contributed by atoms with E-state index in [1.54, 1.807) is 18.2 Å². The lowest BCUT2D eigenvalue weighted by Crippen LogP contribution is -2.13. The molecule has 2 nitrogen and oxygen atoms in total. The van der Waals surface area contributed by atoms with Crippen molar-refractivity contribution in [3.8, 4) is 16.9 Å². The Balaban J connectivity index is 1.51. The quantitative estimate of drug-likeness (QED) is 0.291. The third-order valence-corrected chi connectivity index (χ3v) is 6.61. The van der Waals surface area contributed by atoms with E-state index in [0.717, 1.165) is 31.2 Å². The Morgan fingerprint density at radius 1 is 0.909 bits per heavy atom. The summed E-state index contributed by atoms with van der Waals surface area (Å²) in [5.74, 6) is -2.47. The van der Waals surface area contributed by atoms with Gasteiger partial charge in [0.05, 0.1) is 5.56 Å². The molecule has 0 saturated heterocycles. The molecule has 1 aliphatic carbocycles. The highest BCUT2D eigenvalue weighted by Gasteiger charge is 2.25. The third-order valence-electron chi connectivity index (χ3n) is 6.61. The summed E-state index contributed by atoms with van der Waals surface area (Å²) in [6, 6.07) is 13.7. The Bertz CT molecular complexity index is 1150. The average molecular weight is 453 g/mol. The second-order valence-electron chi connectivity index (χ2n) is 8.87.